The average Bonchev–Trinajstić information content (AvgIpc) is 2.87. The van der Waals surface area contributed by atoms with Gasteiger partial charge in [-0.1, -0.05) is 28.1 Å². The highest BCUT2D eigenvalue weighted by Crippen LogP contribution is 2.18. The van der Waals surface area contributed by atoms with Gasteiger partial charge in [-0.25, -0.2) is 0 Å². The fraction of sp³-hybridized carbons (Fsp3) is 0.500. The maximum atomic E-state index is 12.1. The predicted octanol–water partition coefficient (Wildman–Crippen LogP) is 2.00. The molecule has 0 aliphatic carbocycles. The molecule has 1 aliphatic heterocycles. The molecule has 2 rings (SSSR count). The highest BCUT2D eigenvalue weighted by molar-refractivity contribution is 9.10. The van der Waals surface area contributed by atoms with E-state index in [-0.39, 0.29) is 24.1 Å². The van der Waals surface area contributed by atoms with Gasteiger partial charge >= 0.3 is 0 Å². The molecule has 0 saturated carbocycles. The number of amides is 1. The van der Waals surface area contributed by atoms with Gasteiger partial charge in [0.2, 0.25) is 5.91 Å². The zero-order chi connectivity index (χ0) is 13.8. The van der Waals surface area contributed by atoms with Gasteiger partial charge in [0.15, 0.2) is 0 Å². The van der Waals surface area contributed by atoms with E-state index < -0.39 is 0 Å². The number of methoxy groups -OCH3 is 1. The summed E-state index contributed by atoms with van der Waals surface area (Å²) in [6, 6.07) is 7.81. The second-order valence-corrected chi connectivity index (χ2v) is 5.76. The highest BCUT2D eigenvalue weighted by atomic mass is 79.9. The average molecular weight is 327 g/mol. The van der Waals surface area contributed by atoms with E-state index in [2.05, 4.69) is 26.6 Å². The lowest BCUT2D eigenvalue weighted by molar-refractivity contribution is -0.123. The summed E-state index contributed by atoms with van der Waals surface area (Å²) in [5, 5.41) is 6.21. The van der Waals surface area contributed by atoms with Crippen LogP contribution in [0.5, 0.6) is 0 Å². The maximum absolute atomic E-state index is 12.1. The number of hydrogen-bond acceptors (Lipinski definition) is 3. The molecule has 1 saturated heterocycles. The third-order valence-electron chi connectivity index (χ3n) is 3.45. The Bertz CT molecular complexity index is 453. The number of rotatable bonds is 4. The number of benzene rings is 1. The molecule has 1 fully saturated rings. The summed E-state index contributed by atoms with van der Waals surface area (Å²) in [4.78, 5) is 12.1. The molecule has 19 heavy (non-hydrogen) atoms. The highest BCUT2D eigenvalue weighted by Gasteiger charge is 2.29. The van der Waals surface area contributed by atoms with Crippen LogP contribution >= 0.6 is 15.9 Å². The molecule has 4 nitrogen and oxygen atoms in total. The molecule has 0 aromatic heterocycles. The normalized spacial score (nSPS) is 24.2. The summed E-state index contributed by atoms with van der Waals surface area (Å²) in [7, 11) is 1.68. The molecule has 1 amide bonds. The first-order valence-electron chi connectivity index (χ1n) is 6.42. The molecule has 104 valence electrons. The monoisotopic (exact) mass is 326 g/mol. The van der Waals surface area contributed by atoms with Gasteiger partial charge < -0.3 is 15.4 Å². The lowest BCUT2D eigenvalue weighted by Crippen LogP contribution is -2.41. The van der Waals surface area contributed by atoms with Crippen LogP contribution in [0.1, 0.15) is 24.9 Å². The first-order valence-corrected chi connectivity index (χ1v) is 7.21. The quantitative estimate of drug-likeness (QED) is 0.889. The second kappa shape index (κ2) is 6.50. The van der Waals surface area contributed by atoms with Crippen LogP contribution in [0.15, 0.2) is 28.7 Å². The van der Waals surface area contributed by atoms with Crippen molar-refractivity contribution in [3.8, 4) is 0 Å². The van der Waals surface area contributed by atoms with E-state index in [4.69, 9.17) is 4.74 Å². The van der Waals surface area contributed by atoms with Crippen LogP contribution in [0.4, 0.5) is 0 Å². The molecule has 1 aliphatic rings. The van der Waals surface area contributed by atoms with Crippen molar-refractivity contribution in [3.05, 3.63) is 34.3 Å². The first-order chi connectivity index (χ1) is 9.10. The Kier molecular flexibility index (Phi) is 4.96. The molecule has 0 bridgehead atoms. The Hall–Kier alpha value is -0.910. The van der Waals surface area contributed by atoms with Crippen LogP contribution < -0.4 is 10.6 Å². The number of halogens is 1. The van der Waals surface area contributed by atoms with Crippen molar-refractivity contribution in [2.45, 2.75) is 31.5 Å². The fourth-order valence-electron chi connectivity index (χ4n) is 2.26. The van der Waals surface area contributed by atoms with Crippen LogP contribution in [0.3, 0.4) is 0 Å². The summed E-state index contributed by atoms with van der Waals surface area (Å²) in [5.74, 6) is 0.0343. The molecule has 2 N–H and O–H groups in total. The zero-order valence-electron chi connectivity index (χ0n) is 11.2. The van der Waals surface area contributed by atoms with E-state index in [1.807, 2.05) is 31.2 Å². The van der Waals surface area contributed by atoms with Crippen LogP contribution in [-0.4, -0.2) is 31.7 Å². The minimum atomic E-state index is -0.153. The second-order valence-electron chi connectivity index (χ2n) is 4.84. The summed E-state index contributed by atoms with van der Waals surface area (Å²) >= 11 is 3.44. The smallest absolute Gasteiger partial charge is 0.237 e. The number of carbonyl (C=O) groups is 1. The molecule has 1 heterocycles. The molecule has 5 heteroatoms. The minimum absolute atomic E-state index is 0.00612. The Labute approximate surface area is 122 Å². The van der Waals surface area contributed by atoms with E-state index in [1.165, 1.54) is 0 Å². The van der Waals surface area contributed by atoms with Crippen molar-refractivity contribution in [1.29, 1.82) is 0 Å². The van der Waals surface area contributed by atoms with Crippen molar-refractivity contribution in [3.63, 3.8) is 0 Å². The van der Waals surface area contributed by atoms with Gasteiger partial charge in [-0.15, -0.1) is 0 Å². The Morgan fingerprint density at radius 3 is 3.00 bits per heavy atom. The van der Waals surface area contributed by atoms with Crippen molar-refractivity contribution < 1.29 is 9.53 Å². The molecule has 2 unspecified atom stereocenters. The number of carbonyl (C=O) groups excluding carboxylic acids is 1. The van der Waals surface area contributed by atoms with E-state index in [9.17, 15) is 4.79 Å². The van der Waals surface area contributed by atoms with E-state index >= 15 is 0 Å². The fourth-order valence-corrected chi connectivity index (χ4v) is 2.67. The molecular weight excluding hydrogens is 308 g/mol. The molecule has 1 aromatic carbocycles. The van der Waals surface area contributed by atoms with Crippen LogP contribution in [-0.2, 0) is 9.53 Å². The van der Waals surface area contributed by atoms with Gasteiger partial charge in [-0.3, -0.25) is 4.79 Å². The summed E-state index contributed by atoms with van der Waals surface area (Å²) in [6.07, 6.45) is 0.866. The van der Waals surface area contributed by atoms with Gasteiger partial charge in [0.05, 0.1) is 18.2 Å². The molecule has 1 aromatic rings. The van der Waals surface area contributed by atoms with Crippen LogP contribution in [0.25, 0.3) is 0 Å². The molecular formula is C14H19BrN2O2. The number of nitrogens with one attached hydrogen (secondary N) is 2. The van der Waals surface area contributed by atoms with Crippen LogP contribution in [0.2, 0.25) is 0 Å². The topological polar surface area (TPSA) is 50.4 Å². The van der Waals surface area contributed by atoms with Gasteiger partial charge in [0.1, 0.15) is 0 Å². The van der Waals surface area contributed by atoms with Gasteiger partial charge in [0.25, 0.3) is 0 Å². The molecule has 3 atom stereocenters. The lowest BCUT2D eigenvalue weighted by Gasteiger charge is -2.18. The molecule has 0 spiro atoms. The number of ether oxygens (including phenoxy) is 1. The standard InChI is InChI=1S/C14H19BrN2O2/c1-9(10-4-3-5-11(15)6-10)17-14(18)13-7-12(19-2)8-16-13/h3-6,9,12-13,16H,7-8H2,1-2H3,(H,17,18)/t9-,12?,13?/m1/s1. The third-order valence-corrected chi connectivity index (χ3v) is 3.94. The summed E-state index contributed by atoms with van der Waals surface area (Å²) in [6.45, 7) is 2.72. The van der Waals surface area contributed by atoms with Crippen molar-refractivity contribution in [1.82, 2.24) is 10.6 Å². The lowest BCUT2D eigenvalue weighted by atomic mass is 10.1. The van der Waals surface area contributed by atoms with E-state index in [0.29, 0.717) is 0 Å². The van der Waals surface area contributed by atoms with E-state index in [1.54, 1.807) is 7.11 Å². The van der Waals surface area contributed by atoms with Crippen molar-refractivity contribution in [2.24, 2.45) is 0 Å². The Morgan fingerprint density at radius 1 is 1.58 bits per heavy atom. The van der Waals surface area contributed by atoms with Crippen molar-refractivity contribution >= 4 is 21.8 Å². The van der Waals surface area contributed by atoms with Crippen molar-refractivity contribution in [2.75, 3.05) is 13.7 Å². The summed E-state index contributed by atoms with van der Waals surface area (Å²) < 4.78 is 6.27. The zero-order valence-corrected chi connectivity index (χ0v) is 12.7. The Balaban J connectivity index is 1.92. The molecule has 0 radical (unpaired) electrons. The van der Waals surface area contributed by atoms with Gasteiger partial charge in [-0.05, 0) is 31.0 Å². The minimum Gasteiger partial charge on any atom is -0.380 e. The van der Waals surface area contributed by atoms with E-state index in [0.717, 1.165) is 23.0 Å². The third kappa shape index (κ3) is 3.78. The predicted molar refractivity (Wildman–Crippen MR) is 77.9 cm³/mol. The summed E-state index contributed by atoms with van der Waals surface area (Å²) in [5.41, 5.74) is 1.09. The number of hydrogen-bond donors (Lipinski definition) is 2. The van der Waals surface area contributed by atoms with Gasteiger partial charge in [0, 0.05) is 18.1 Å². The van der Waals surface area contributed by atoms with Crippen LogP contribution in [0, 0.1) is 0 Å². The largest absolute Gasteiger partial charge is 0.380 e. The Morgan fingerprint density at radius 2 is 2.37 bits per heavy atom. The first kappa shape index (κ1) is 14.5. The maximum Gasteiger partial charge on any atom is 0.237 e. The van der Waals surface area contributed by atoms with Gasteiger partial charge in [-0.2, -0.15) is 0 Å². The SMILES string of the molecule is COC1CNC(C(=O)N[C@H](C)c2cccc(Br)c2)C1.